The maximum Gasteiger partial charge on any atom is 0.325 e. The molecule has 0 aromatic heterocycles. The monoisotopic (exact) mass is 266 g/mol. The van der Waals surface area contributed by atoms with Crippen molar-refractivity contribution < 1.29 is 23.9 Å². The Labute approximate surface area is 107 Å². The molecule has 1 heterocycles. The van der Waals surface area contributed by atoms with Gasteiger partial charge in [-0.05, 0) is 24.6 Å². The lowest BCUT2D eigenvalue weighted by molar-refractivity contribution is -0.142. The van der Waals surface area contributed by atoms with Crippen LogP contribution in [0.2, 0.25) is 0 Å². The van der Waals surface area contributed by atoms with Crippen LogP contribution in [0.3, 0.4) is 0 Å². The van der Waals surface area contributed by atoms with Gasteiger partial charge in [-0.3, -0.25) is 14.5 Å². The predicted octanol–water partition coefficient (Wildman–Crippen LogP) is 0.677. The molecule has 7 heteroatoms. The number of hydrogen-bond donors (Lipinski definition) is 2. The molecule has 100 valence electrons. The summed E-state index contributed by atoms with van der Waals surface area (Å²) in [6, 6.07) is 4.30. The van der Waals surface area contributed by atoms with E-state index in [-0.39, 0.29) is 0 Å². The van der Waals surface area contributed by atoms with Gasteiger partial charge in [0.2, 0.25) is 0 Å². The molecular formula is C12H11FN2O4. The number of hydrogen-bond acceptors (Lipinski definition) is 3. The Morgan fingerprint density at radius 2 is 1.95 bits per heavy atom. The lowest BCUT2D eigenvalue weighted by Crippen LogP contribution is -2.41. The minimum Gasteiger partial charge on any atom is -0.480 e. The van der Waals surface area contributed by atoms with Crippen molar-refractivity contribution in [2.45, 2.75) is 12.5 Å². The van der Waals surface area contributed by atoms with Crippen molar-refractivity contribution in [3.63, 3.8) is 0 Å². The van der Waals surface area contributed by atoms with Crippen molar-refractivity contribution >= 4 is 17.9 Å². The first-order chi connectivity index (χ1) is 8.84. The average Bonchev–Trinajstić information content (AvgIpc) is 2.54. The maximum atomic E-state index is 12.9. The molecule has 0 aliphatic carbocycles. The Kier molecular flexibility index (Phi) is 2.97. The molecule has 1 saturated heterocycles. The smallest absolute Gasteiger partial charge is 0.325 e. The van der Waals surface area contributed by atoms with Crippen LogP contribution in [0.15, 0.2) is 24.3 Å². The molecule has 2 rings (SSSR count). The quantitative estimate of drug-likeness (QED) is 0.787. The second-order valence-electron chi connectivity index (χ2n) is 4.35. The highest BCUT2D eigenvalue weighted by molar-refractivity contribution is 6.08. The summed E-state index contributed by atoms with van der Waals surface area (Å²) in [4.78, 5) is 35.0. The lowest BCUT2D eigenvalue weighted by atomic mass is 9.92. The zero-order valence-electron chi connectivity index (χ0n) is 10.0. The third kappa shape index (κ3) is 2.14. The third-order valence-corrected chi connectivity index (χ3v) is 2.99. The molecule has 0 bridgehead atoms. The minimum absolute atomic E-state index is 0.389. The number of urea groups is 1. The third-order valence-electron chi connectivity index (χ3n) is 2.99. The first-order valence-corrected chi connectivity index (χ1v) is 5.46. The predicted molar refractivity (Wildman–Crippen MR) is 61.6 cm³/mol. The molecule has 0 saturated carbocycles. The van der Waals surface area contributed by atoms with Gasteiger partial charge >= 0.3 is 12.0 Å². The van der Waals surface area contributed by atoms with E-state index in [1.54, 1.807) is 0 Å². The molecule has 1 aromatic carbocycles. The molecular weight excluding hydrogens is 255 g/mol. The van der Waals surface area contributed by atoms with E-state index in [1.807, 2.05) is 0 Å². The topological polar surface area (TPSA) is 86.7 Å². The highest BCUT2D eigenvalue weighted by Gasteiger charge is 2.49. The number of aliphatic carboxylic acids is 1. The van der Waals surface area contributed by atoms with Gasteiger partial charge in [-0.1, -0.05) is 12.1 Å². The molecule has 0 spiro atoms. The highest BCUT2D eigenvalue weighted by Crippen LogP contribution is 2.28. The van der Waals surface area contributed by atoms with Crippen molar-refractivity contribution in [3.8, 4) is 0 Å². The normalized spacial score (nSPS) is 22.5. The number of amides is 3. The van der Waals surface area contributed by atoms with Crippen LogP contribution in [0.5, 0.6) is 0 Å². The van der Waals surface area contributed by atoms with E-state index in [2.05, 4.69) is 5.32 Å². The molecule has 0 radical (unpaired) electrons. The van der Waals surface area contributed by atoms with E-state index in [4.69, 9.17) is 5.11 Å². The van der Waals surface area contributed by atoms with Crippen molar-refractivity contribution in [1.29, 1.82) is 0 Å². The number of halogens is 1. The van der Waals surface area contributed by atoms with Gasteiger partial charge in [-0.25, -0.2) is 9.18 Å². The SMILES string of the molecule is C[C@@]1(c2ccc(F)cc2)NC(=O)N(CC(=O)O)C1=O. The maximum absolute atomic E-state index is 12.9. The molecule has 6 nitrogen and oxygen atoms in total. The number of nitrogens with one attached hydrogen (secondary N) is 1. The number of carboxylic acid groups (broad SMARTS) is 1. The van der Waals surface area contributed by atoms with Gasteiger partial charge < -0.3 is 10.4 Å². The zero-order valence-corrected chi connectivity index (χ0v) is 10.0. The summed E-state index contributed by atoms with van der Waals surface area (Å²) < 4.78 is 12.9. The van der Waals surface area contributed by atoms with Crippen molar-refractivity contribution in [1.82, 2.24) is 10.2 Å². The van der Waals surface area contributed by atoms with E-state index >= 15 is 0 Å². The summed E-state index contributed by atoms with van der Waals surface area (Å²) in [5, 5.41) is 11.1. The summed E-state index contributed by atoms with van der Waals surface area (Å²) in [6.45, 7) is 0.740. The number of carboxylic acids is 1. The highest BCUT2D eigenvalue weighted by atomic mass is 19.1. The molecule has 2 N–H and O–H groups in total. The first kappa shape index (κ1) is 13.0. The van der Waals surface area contributed by atoms with Crippen molar-refractivity contribution in [3.05, 3.63) is 35.6 Å². The fraction of sp³-hybridized carbons (Fsp3) is 0.250. The van der Waals surface area contributed by atoms with Gasteiger partial charge in [-0.2, -0.15) is 0 Å². The molecule has 1 aromatic rings. The largest absolute Gasteiger partial charge is 0.480 e. The van der Waals surface area contributed by atoms with Crippen LogP contribution in [-0.4, -0.2) is 34.5 Å². The number of carbonyl (C=O) groups excluding carboxylic acids is 2. The number of rotatable bonds is 3. The molecule has 0 unspecified atom stereocenters. The Morgan fingerprint density at radius 1 is 1.37 bits per heavy atom. The van der Waals surface area contributed by atoms with Gasteiger partial charge in [0.05, 0.1) is 0 Å². The molecule has 19 heavy (non-hydrogen) atoms. The standard InChI is InChI=1S/C12H11FN2O4/c1-12(7-2-4-8(13)5-3-7)10(18)15(6-9(16)17)11(19)14-12/h2-5H,6H2,1H3,(H,14,19)(H,16,17)/t12-/m0/s1. The molecule has 1 fully saturated rings. The molecule has 3 amide bonds. The van der Waals surface area contributed by atoms with Crippen LogP contribution in [-0.2, 0) is 15.1 Å². The van der Waals surface area contributed by atoms with E-state index in [0.29, 0.717) is 10.5 Å². The van der Waals surface area contributed by atoms with Crippen LogP contribution >= 0.6 is 0 Å². The van der Waals surface area contributed by atoms with E-state index < -0.39 is 35.8 Å². The minimum atomic E-state index is -1.37. The van der Waals surface area contributed by atoms with Gasteiger partial charge in [0.1, 0.15) is 17.9 Å². The Balaban J connectivity index is 2.35. The summed E-state index contributed by atoms with van der Waals surface area (Å²) in [5.74, 6) is -2.43. The van der Waals surface area contributed by atoms with E-state index in [9.17, 15) is 18.8 Å². The van der Waals surface area contributed by atoms with Crippen LogP contribution < -0.4 is 5.32 Å². The lowest BCUT2D eigenvalue weighted by Gasteiger charge is -2.21. The number of nitrogens with zero attached hydrogens (tertiary/aromatic N) is 1. The molecule has 1 aliphatic rings. The first-order valence-electron chi connectivity index (χ1n) is 5.46. The Hall–Kier alpha value is -2.44. The van der Waals surface area contributed by atoms with Crippen LogP contribution in [0.1, 0.15) is 12.5 Å². The second kappa shape index (κ2) is 4.34. The van der Waals surface area contributed by atoms with Crippen LogP contribution in [0.4, 0.5) is 9.18 Å². The van der Waals surface area contributed by atoms with Gasteiger partial charge in [-0.15, -0.1) is 0 Å². The van der Waals surface area contributed by atoms with E-state index in [1.165, 1.54) is 31.2 Å². The van der Waals surface area contributed by atoms with Gasteiger partial charge in [0, 0.05) is 0 Å². The summed E-state index contributed by atoms with van der Waals surface area (Å²) >= 11 is 0. The second-order valence-corrected chi connectivity index (χ2v) is 4.35. The Morgan fingerprint density at radius 3 is 2.47 bits per heavy atom. The molecule has 1 atom stereocenters. The zero-order chi connectivity index (χ0) is 14.2. The summed E-state index contributed by atoms with van der Waals surface area (Å²) in [7, 11) is 0. The van der Waals surface area contributed by atoms with Gasteiger partial charge in [0.15, 0.2) is 0 Å². The fourth-order valence-corrected chi connectivity index (χ4v) is 1.95. The van der Waals surface area contributed by atoms with Crippen molar-refractivity contribution in [2.24, 2.45) is 0 Å². The number of benzene rings is 1. The number of carbonyl (C=O) groups is 3. The van der Waals surface area contributed by atoms with Crippen LogP contribution in [0.25, 0.3) is 0 Å². The van der Waals surface area contributed by atoms with Crippen molar-refractivity contribution in [2.75, 3.05) is 6.54 Å². The summed E-state index contributed by atoms with van der Waals surface area (Å²) in [6.07, 6.45) is 0. The number of imide groups is 1. The van der Waals surface area contributed by atoms with Gasteiger partial charge in [0.25, 0.3) is 5.91 Å². The molecule has 1 aliphatic heterocycles. The average molecular weight is 266 g/mol. The Bertz CT molecular complexity index is 557. The van der Waals surface area contributed by atoms with Crippen LogP contribution in [0, 0.1) is 5.82 Å². The summed E-state index contributed by atoms with van der Waals surface area (Å²) in [5.41, 5.74) is -0.986. The fourth-order valence-electron chi connectivity index (χ4n) is 1.95. The van der Waals surface area contributed by atoms with E-state index in [0.717, 1.165) is 0 Å².